The zero-order valence-electron chi connectivity index (χ0n) is 7.27. The van der Waals surface area contributed by atoms with E-state index in [1.807, 2.05) is 36.0 Å². The predicted octanol–water partition coefficient (Wildman–Crippen LogP) is 2.69. The number of nitrogens with zero attached hydrogens (tertiary/aromatic N) is 2. The molecule has 0 fully saturated rings. The molecule has 0 atom stereocenters. The van der Waals surface area contributed by atoms with E-state index in [4.69, 9.17) is 0 Å². The van der Waals surface area contributed by atoms with Crippen LogP contribution in [0, 0.1) is 0 Å². The Kier molecular flexibility index (Phi) is 1.61. The Hall–Kier alpha value is -1.68. The van der Waals surface area contributed by atoms with Crippen LogP contribution in [0.2, 0.25) is 0 Å². The number of hydrogen-bond acceptors (Lipinski definition) is 3. The van der Waals surface area contributed by atoms with Crippen LogP contribution in [0.15, 0.2) is 36.0 Å². The largest absolute Gasteiger partial charge is 0.337 e. The monoisotopic (exact) mass is 201 g/mol. The van der Waals surface area contributed by atoms with Crippen LogP contribution >= 0.6 is 11.3 Å². The average molecular weight is 201 g/mol. The van der Waals surface area contributed by atoms with Crippen LogP contribution in [0.3, 0.4) is 0 Å². The predicted molar refractivity (Wildman–Crippen MR) is 57.2 cm³/mol. The second-order valence-electron chi connectivity index (χ2n) is 2.97. The molecule has 68 valence electrons. The highest BCUT2D eigenvalue weighted by Crippen LogP contribution is 2.22. The number of fused-ring (bicyclic) bond motifs is 1. The van der Waals surface area contributed by atoms with Crippen LogP contribution in [0.4, 0.5) is 0 Å². The van der Waals surface area contributed by atoms with Gasteiger partial charge in [-0.15, -0.1) is 11.3 Å². The van der Waals surface area contributed by atoms with Gasteiger partial charge in [0, 0.05) is 6.20 Å². The number of benzene rings is 1. The second kappa shape index (κ2) is 2.92. The number of nitrogens with one attached hydrogen (secondary N) is 1. The summed E-state index contributed by atoms with van der Waals surface area (Å²) in [5.41, 5.74) is 3.87. The smallest absolute Gasteiger partial charge is 0.150 e. The summed E-state index contributed by atoms with van der Waals surface area (Å²) in [6.45, 7) is 0. The zero-order valence-corrected chi connectivity index (χ0v) is 8.08. The van der Waals surface area contributed by atoms with Crippen LogP contribution in [0.5, 0.6) is 0 Å². The minimum atomic E-state index is 0.897. The molecule has 4 heteroatoms. The first-order valence-corrected chi connectivity index (χ1v) is 5.15. The van der Waals surface area contributed by atoms with Crippen molar-refractivity contribution in [1.82, 2.24) is 15.0 Å². The van der Waals surface area contributed by atoms with Crippen LogP contribution in [0.25, 0.3) is 21.7 Å². The third-order valence-corrected chi connectivity index (χ3v) is 2.83. The summed E-state index contributed by atoms with van der Waals surface area (Å²) in [7, 11) is 0. The van der Waals surface area contributed by atoms with Gasteiger partial charge in [0.05, 0.1) is 21.4 Å². The fourth-order valence-electron chi connectivity index (χ4n) is 1.40. The van der Waals surface area contributed by atoms with Crippen molar-refractivity contribution in [2.45, 2.75) is 0 Å². The van der Waals surface area contributed by atoms with Gasteiger partial charge in [0.2, 0.25) is 0 Å². The van der Waals surface area contributed by atoms with Gasteiger partial charge in [-0.05, 0) is 12.1 Å². The lowest BCUT2D eigenvalue weighted by Crippen LogP contribution is -1.72. The van der Waals surface area contributed by atoms with Crippen LogP contribution in [0.1, 0.15) is 0 Å². The molecule has 0 aliphatic rings. The topological polar surface area (TPSA) is 41.6 Å². The number of aromatic nitrogens is 3. The van der Waals surface area contributed by atoms with Gasteiger partial charge in [-0.1, -0.05) is 12.1 Å². The summed E-state index contributed by atoms with van der Waals surface area (Å²) in [4.78, 5) is 12.8. The molecule has 0 spiro atoms. The van der Waals surface area contributed by atoms with Gasteiger partial charge < -0.3 is 4.98 Å². The first-order valence-electron chi connectivity index (χ1n) is 4.27. The van der Waals surface area contributed by atoms with Crippen LogP contribution in [-0.2, 0) is 0 Å². The molecule has 0 aliphatic heterocycles. The molecule has 0 radical (unpaired) electrons. The number of para-hydroxylation sites is 2. The molecular weight excluding hydrogens is 194 g/mol. The maximum Gasteiger partial charge on any atom is 0.150 e. The van der Waals surface area contributed by atoms with Gasteiger partial charge in [0.25, 0.3) is 0 Å². The molecule has 2 heterocycles. The number of rotatable bonds is 1. The average Bonchev–Trinajstić information content (AvgIpc) is 2.86. The Bertz CT molecular complexity index is 521. The molecule has 0 saturated carbocycles. The van der Waals surface area contributed by atoms with Crippen molar-refractivity contribution in [2.24, 2.45) is 0 Å². The summed E-state index contributed by atoms with van der Waals surface area (Å²) >= 11 is 1.59. The first kappa shape index (κ1) is 7.70. The molecule has 0 unspecified atom stereocenters. The standard InChI is InChI=1S/C10H7N3S/c1-2-4-8-7(3-1)12-10(13-8)9-5-11-6-14-9/h1-6H,(H,12,13). The van der Waals surface area contributed by atoms with E-state index in [1.165, 1.54) is 0 Å². The molecule has 0 aliphatic carbocycles. The maximum absolute atomic E-state index is 4.47. The summed E-state index contributed by atoms with van der Waals surface area (Å²) in [5, 5.41) is 0. The fraction of sp³-hybridized carbons (Fsp3) is 0. The Labute approximate surface area is 84.5 Å². The number of aromatic amines is 1. The number of hydrogen-bond donors (Lipinski definition) is 1. The summed E-state index contributed by atoms with van der Waals surface area (Å²) < 4.78 is 0. The van der Waals surface area contributed by atoms with E-state index >= 15 is 0 Å². The van der Waals surface area contributed by atoms with E-state index in [1.54, 1.807) is 11.3 Å². The van der Waals surface area contributed by atoms with Crippen molar-refractivity contribution >= 4 is 22.4 Å². The van der Waals surface area contributed by atoms with Crippen molar-refractivity contribution in [2.75, 3.05) is 0 Å². The third kappa shape index (κ3) is 1.12. The van der Waals surface area contributed by atoms with Crippen molar-refractivity contribution in [1.29, 1.82) is 0 Å². The van der Waals surface area contributed by atoms with Crippen LogP contribution < -0.4 is 0 Å². The van der Waals surface area contributed by atoms with Gasteiger partial charge >= 0.3 is 0 Å². The molecule has 3 rings (SSSR count). The van der Waals surface area contributed by atoms with Gasteiger partial charge in [-0.3, -0.25) is 4.98 Å². The fourth-order valence-corrected chi connectivity index (χ4v) is 1.97. The van der Waals surface area contributed by atoms with Gasteiger partial charge in [0.1, 0.15) is 5.82 Å². The SMILES string of the molecule is c1ccc2[nH]c(-c3cncs3)nc2c1. The van der Waals surface area contributed by atoms with E-state index in [9.17, 15) is 0 Å². The molecule has 3 aromatic rings. The van der Waals surface area contributed by atoms with Gasteiger partial charge in [-0.25, -0.2) is 4.98 Å². The minimum absolute atomic E-state index is 0.897. The third-order valence-electron chi connectivity index (χ3n) is 2.06. The molecule has 0 bridgehead atoms. The molecule has 0 amide bonds. The van der Waals surface area contributed by atoms with E-state index < -0.39 is 0 Å². The van der Waals surface area contributed by atoms with Gasteiger partial charge in [0.15, 0.2) is 0 Å². The summed E-state index contributed by atoms with van der Waals surface area (Å²) in [6.07, 6.45) is 1.82. The van der Waals surface area contributed by atoms with E-state index in [0.29, 0.717) is 0 Å². The number of imidazole rings is 1. The van der Waals surface area contributed by atoms with Crippen molar-refractivity contribution < 1.29 is 0 Å². The Morgan fingerprint density at radius 1 is 1.21 bits per heavy atom. The van der Waals surface area contributed by atoms with E-state index in [-0.39, 0.29) is 0 Å². The van der Waals surface area contributed by atoms with Crippen LogP contribution in [-0.4, -0.2) is 15.0 Å². The van der Waals surface area contributed by atoms with Crippen molar-refractivity contribution in [3.05, 3.63) is 36.0 Å². The van der Waals surface area contributed by atoms with Crippen molar-refractivity contribution in [3.63, 3.8) is 0 Å². The Balaban J connectivity index is 2.24. The maximum atomic E-state index is 4.47. The molecule has 1 N–H and O–H groups in total. The first-order chi connectivity index (χ1) is 6.93. The lowest BCUT2D eigenvalue weighted by Gasteiger charge is -1.84. The Morgan fingerprint density at radius 2 is 2.14 bits per heavy atom. The number of H-pyrrole nitrogens is 1. The number of thiazole rings is 1. The molecule has 1 aromatic carbocycles. The quantitative estimate of drug-likeness (QED) is 0.657. The van der Waals surface area contributed by atoms with Crippen molar-refractivity contribution in [3.8, 4) is 10.7 Å². The highest BCUT2D eigenvalue weighted by molar-refractivity contribution is 7.13. The summed E-state index contributed by atoms with van der Waals surface area (Å²) in [5.74, 6) is 0.897. The van der Waals surface area contributed by atoms with E-state index in [0.717, 1.165) is 21.7 Å². The Morgan fingerprint density at radius 3 is 2.93 bits per heavy atom. The molecular formula is C10H7N3S. The highest BCUT2D eigenvalue weighted by Gasteiger charge is 2.04. The lowest BCUT2D eigenvalue weighted by molar-refractivity contribution is 1.34. The second-order valence-corrected chi connectivity index (χ2v) is 3.85. The lowest BCUT2D eigenvalue weighted by atomic mass is 10.3. The van der Waals surface area contributed by atoms with Gasteiger partial charge in [-0.2, -0.15) is 0 Å². The molecule has 3 nitrogen and oxygen atoms in total. The summed E-state index contributed by atoms with van der Waals surface area (Å²) in [6, 6.07) is 8.00. The zero-order chi connectivity index (χ0) is 9.38. The molecule has 2 aromatic heterocycles. The normalized spacial score (nSPS) is 10.9. The highest BCUT2D eigenvalue weighted by atomic mass is 32.1. The minimum Gasteiger partial charge on any atom is -0.337 e. The van der Waals surface area contributed by atoms with E-state index in [2.05, 4.69) is 15.0 Å². The molecule has 14 heavy (non-hydrogen) atoms. The molecule has 0 saturated heterocycles.